The van der Waals surface area contributed by atoms with E-state index in [4.69, 9.17) is 0 Å². The van der Waals surface area contributed by atoms with E-state index in [2.05, 4.69) is 95.6 Å². The molecule has 0 aliphatic heterocycles. The number of hydrogen-bond donors (Lipinski definition) is 2. The molecule has 2 N–H and O–H groups in total. The Morgan fingerprint density at radius 2 is 0.861 bits per heavy atom. The first-order chi connectivity index (χ1) is 17.9. The Morgan fingerprint density at radius 3 is 1.31 bits per heavy atom. The SMILES string of the molecule is c1ccc(CNc2ccc3c(c2-c2c(NCc4ccccc4)ccc4c2CCCC4)CCCC3)cc1. The van der Waals surface area contributed by atoms with Crippen LogP contribution in [0.25, 0.3) is 11.1 Å². The van der Waals surface area contributed by atoms with Crippen LogP contribution in [0.1, 0.15) is 59.1 Å². The molecule has 0 spiro atoms. The standard InChI is InChI=1S/C34H36N2/c1-3-11-25(12-4-1)23-35-31-21-19-27-15-7-9-17-29(27)33(31)34-30-18-10-8-16-28(30)20-22-32(34)36-24-26-13-5-2-6-14-26/h1-6,11-14,19-22,35-36H,7-10,15-18,23-24H2. The largest absolute Gasteiger partial charge is 0.380 e. The lowest BCUT2D eigenvalue weighted by Gasteiger charge is -2.29. The highest BCUT2D eigenvalue weighted by molar-refractivity contribution is 5.92. The maximum atomic E-state index is 3.86. The fourth-order valence-electron chi connectivity index (χ4n) is 6.11. The van der Waals surface area contributed by atoms with Gasteiger partial charge in [-0.2, -0.15) is 0 Å². The Morgan fingerprint density at radius 1 is 0.444 bits per heavy atom. The van der Waals surface area contributed by atoms with Crippen molar-refractivity contribution >= 4 is 11.4 Å². The van der Waals surface area contributed by atoms with Gasteiger partial charge < -0.3 is 10.6 Å². The molecule has 2 nitrogen and oxygen atoms in total. The van der Waals surface area contributed by atoms with Crippen molar-refractivity contribution in [1.29, 1.82) is 0 Å². The van der Waals surface area contributed by atoms with Crippen molar-refractivity contribution in [2.75, 3.05) is 10.6 Å². The van der Waals surface area contributed by atoms with Crippen LogP contribution in [-0.2, 0) is 38.8 Å². The van der Waals surface area contributed by atoms with E-state index in [1.807, 2.05) is 0 Å². The van der Waals surface area contributed by atoms with Gasteiger partial charge in [-0.25, -0.2) is 0 Å². The van der Waals surface area contributed by atoms with Gasteiger partial charge in [-0.15, -0.1) is 0 Å². The summed E-state index contributed by atoms with van der Waals surface area (Å²) in [6.07, 6.45) is 9.91. The van der Waals surface area contributed by atoms with E-state index in [0.29, 0.717) is 0 Å². The molecule has 4 aromatic carbocycles. The molecule has 36 heavy (non-hydrogen) atoms. The van der Waals surface area contributed by atoms with Crippen LogP contribution < -0.4 is 10.6 Å². The molecular weight excluding hydrogens is 436 g/mol. The summed E-state index contributed by atoms with van der Waals surface area (Å²) >= 11 is 0. The Balaban J connectivity index is 1.47. The van der Waals surface area contributed by atoms with Gasteiger partial charge in [0, 0.05) is 35.6 Å². The van der Waals surface area contributed by atoms with Crippen molar-refractivity contribution < 1.29 is 0 Å². The highest BCUT2D eigenvalue weighted by Crippen LogP contribution is 2.45. The number of nitrogens with one attached hydrogen (secondary N) is 2. The predicted octanol–water partition coefficient (Wildman–Crippen LogP) is 8.34. The number of anilines is 2. The van der Waals surface area contributed by atoms with Gasteiger partial charge in [0.05, 0.1) is 0 Å². The van der Waals surface area contributed by atoms with Crippen LogP contribution >= 0.6 is 0 Å². The van der Waals surface area contributed by atoms with Gasteiger partial charge in [-0.3, -0.25) is 0 Å². The quantitative estimate of drug-likeness (QED) is 0.282. The summed E-state index contributed by atoms with van der Waals surface area (Å²) in [5.41, 5.74) is 14.3. The van der Waals surface area contributed by atoms with Crippen molar-refractivity contribution in [1.82, 2.24) is 0 Å². The zero-order chi connectivity index (χ0) is 24.2. The van der Waals surface area contributed by atoms with E-state index in [9.17, 15) is 0 Å². The van der Waals surface area contributed by atoms with Gasteiger partial charge in [-0.1, -0.05) is 72.8 Å². The third kappa shape index (κ3) is 4.78. The van der Waals surface area contributed by atoms with E-state index >= 15 is 0 Å². The van der Waals surface area contributed by atoms with Crippen LogP contribution in [0.3, 0.4) is 0 Å². The Labute approximate surface area is 215 Å². The zero-order valence-corrected chi connectivity index (χ0v) is 21.2. The summed E-state index contributed by atoms with van der Waals surface area (Å²) in [5.74, 6) is 0. The van der Waals surface area contributed by atoms with Crippen molar-refractivity contribution in [3.05, 3.63) is 118 Å². The molecule has 0 heterocycles. The summed E-state index contributed by atoms with van der Waals surface area (Å²) in [4.78, 5) is 0. The van der Waals surface area contributed by atoms with Gasteiger partial charge in [0.25, 0.3) is 0 Å². The van der Waals surface area contributed by atoms with E-state index in [0.717, 1.165) is 13.1 Å². The minimum atomic E-state index is 0.842. The first-order valence-corrected chi connectivity index (χ1v) is 13.7. The summed E-state index contributed by atoms with van der Waals surface area (Å²) in [6.45, 7) is 1.68. The van der Waals surface area contributed by atoms with E-state index in [-0.39, 0.29) is 0 Å². The third-order valence-corrected chi connectivity index (χ3v) is 7.97. The fraction of sp³-hybridized carbons (Fsp3) is 0.294. The van der Waals surface area contributed by atoms with Crippen molar-refractivity contribution in [3.8, 4) is 11.1 Å². The lowest BCUT2D eigenvalue weighted by atomic mass is 9.79. The van der Waals surface area contributed by atoms with Crippen LogP contribution in [0, 0.1) is 0 Å². The predicted molar refractivity (Wildman–Crippen MR) is 153 cm³/mol. The topological polar surface area (TPSA) is 24.1 Å². The molecular formula is C34H36N2. The molecule has 4 aromatic rings. The molecule has 0 saturated heterocycles. The van der Waals surface area contributed by atoms with Crippen LogP contribution in [0.15, 0.2) is 84.9 Å². The third-order valence-electron chi connectivity index (χ3n) is 7.97. The average molecular weight is 473 g/mol. The number of fused-ring (bicyclic) bond motifs is 2. The second-order valence-corrected chi connectivity index (χ2v) is 10.3. The molecule has 0 bridgehead atoms. The molecule has 0 aromatic heterocycles. The lowest BCUT2D eigenvalue weighted by Crippen LogP contribution is -2.13. The van der Waals surface area contributed by atoms with Gasteiger partial charge in [0.15, 0.2) is 0 Å². The second kappa shape index (κ2) is 10.6. The summed E-state index contributed by atoms with van der Waals surface area (Å²) in [7, 11) is 0. The highest BCUT2D eigenvalue weighted by Gasteiger charge is 2.25. The molecule has 182 valence electrons. The summed E-state index contributed by atoms with van der Waals surface area (Å²) in [6, 6.07) is 31.0. The van der Waals surface area contributed by atoms with E-state index in [1.165, 1.54) is 85.0 Å². The smallest absolute Gasteiger partial charge is 0.0426 e. The maximum absolute atomic E-state index is 3.86. The Bertz CT molecular complexity index is 1220. The molecule has 0 atom stereocenters. The second-order valence-electron chi connectivity index (χ2n) is 10.3. The van der Waals surface area contributed by atoms with Crippen molar-refractivity contribution in [2.45, 2.75) is 64.5 Å². The molecule has 2 aliphatic rings. The Kier molecular flexibility index (Phi) is 6.76. The van der Waals surface area contributed by atoms with Gasteiger partial charge >= 0.3 is 0 Å². The Hall–Kier alpha value is -3.52. The lowest BCUT2D eigenvalue weighted by molar-refractivity contribution is 0.682. The number of hydrogen-bond acceptors (Lipinski definition) is 2. The van der Waals surface area contributed by atoms with Gasteiger partial charge in [0.1, 0.15) is 0 Å². The molecule has 0 unspecified atom stereocenters. The molecule has 0 saturated carbocycles. The van der Waals surface area contributed by atoms with Crippen LogP contribution in [0.2, 0.25) is 0 Å². The number of benzene rings is 4. The van der Waals surface area contributed by atoms with Gasteiger partial charge in [0.2, 0.25) is 0 Å². The molecule has 0 radical (unpaired) electrons. The van der Waals surface area contributed by atoms with Crippen LogP contribution in [0.4, 0.5) is 11.4 Å². The van der Waals surface area contributed by atoms with Gasteiger partial charge in [-0.05, 0) is 96.9 Å². The minimum absolute atomic E-state index is 0.842. The first kappa shape index (κ1) is 22.9. The fourth-order valence-corrected chi connectivity index (χ4v) is 6.11. The molecule has 0 fully saturated rings. The minimum Gasteiger partial charge on any atom is -0.380 e. The molecule has 0 amide bonds. The van der Waals surface area contributed by atoms with Crippen molar-refractivity contribution in [2.24, 2.45) is 0 Å². The molecule has 2 heteroatoms. The summed E-state index contributed by atoms with van der Waals surface area (Å²) in [5, 5.41) is 7.72. The average Bonchev–Trinajstić information content (AvgIpc) is 2.95. The van der Waals surface area contributed by atoms with Crippen molar-refractivity contribution in [3.63, 3.8) is 0 Å². The highest BCUT2D eigenvalue weighted by atomic mass is 14.9. The van der Waals surface area contributed by atoms with Crippen LogP contribution in [0.5, 0.6) is 0 Å². The molecule has 2 aliphatic carbocycles. The molecule has 6 rings (SSSR count). The number of aryl methyl sites for hydroxylation is 2. The monoisotopic (exact) mass is 472 g/mol. The van der Waals surface area contributed by atoms with E-state index in [1.54, 1.807) is 22.3 Å². The van der Waals surface area contributed by atoms with E-state index < -0.39 is 0 Å². The summed E-state index contributed by atoms with van der Waals surface area (Å²) < 4.78 is 0. The zero-order valence-electron chi connectivity index (χ0n) is 21.2. The number of rotatable bonds is 7. The first-order valence-electron chi connectivity index (χ1n) is 13.7. The van der Waals surface area contributed by atoms with Crippen LogP contribution in [-0.4, -0.2) is 0 Å². The normalized spacial score (nSPS) is 14.6. The maximum Gasteiger partial charge on any atom is 0.0426 e.